The summed E-state index contributed by atoms with van der Waals surface area (Å²) in [4.78, 5) is 57.2. The van der Waals surface area contributed by atoms with Crippen LogP contribution in [-0.2, 0) is 42.9 Å². The Labute approximate surface area is 238 Å². The van der Waals surface area contributed by atoms with E-state index in [1.807, 2.05) is 0 Å². The summed E-state index contributed by atoms with van der Waals surface area (Å²) in [6.07, 6.45) is 13.5. The maximum atomic E-state index is 12.2. The fourth-order valence-electron chi connectivity index (χ4n) is 4.05. The molecule has 0 bridgehead atoms. The minimum Gasteiger partial charge on any atom is -0.479 e. The number of aliphatic carboxylic acids is 1. The van der Waals surface area contributed by atoms with Gasteiger partial charge in [-0.3, -0.25) is 9.59 Å². The SMILES string of the molecule is CCCCCCCCCCCCCCCCCC(=O)OCC(O)COC(=O)C(OC(C)=O)C(OCC=O)C(=O)O. The van der Waals surface area contributed by atoms with Crippen LogP contribution >= 0.6 is 0 Å². The van der Waals surface area contributed by atoms with E-state index in [4.69, 9.17) is 14.2 Å². The quantitative estimate of drug-likeness (QED) is 0.0622. The summed E-state index contributed by atoms with van der Waals surface area (Å²) < 4.78 is 19.2. The third-order valence-corrected chi connectivity index (χ3v) is 6.23. The normalized spacial score (nSPS) is 13.2. The zero-order valence-electron chi connectivity index (χ0n) is 24.3. The topological polar surface area (TPSA) is 163 Å². The number of ether oxygens (including phenoxy) is 4. The molecule has 0 aliphatic heterocycles. The molecule has 0 aromatic rings. The highest BCUT2D eigenvalue weighted by Gasteiger charge is 2.39. The van der Waals surface area contributed by atoms with Gasteiger partial charge in [0, 0.05) is 13.3 Å². The Hall–Kier alpha value is -2.53. The van der Waals surface area contributed by atoms with Crippen molar-refractivity contribution >= 4 is 30.2 Å². The van der Waals surface area contributed by atoms with Gasteiger partial charge in [0.25, 0.3) is 0 Å². The van der Waals surface area contributed by atoms with Crippen molar-refractivity contribution in [2.24, 2.45) is 0 Å². The van der Waals surface area contributed by atoms with Crippen molar-refractivity contribution in [1.82, 2.24) is 0 Å². The van der Waals surface area contributed by atoms with Gasteiger partial charge in [-0.25, -0.2) is 9.59 Å². The van der Waals surface area contributed by atoms with Gasteiger partial charge in [-0.2, -0.15) is 0 Å². The number of carboxylic acid groups (broad SMARTS) is 1. The van der Waals surface area contributed by atoms with E-state index in [1.54, 1.807) is 0 Å². The highest BCUT2D eigenvalue weighted by atomic mass is 16.6. The van der Waals surface area contributed by atoms with Crippen molar-refractivity contribution in [2.45, 2.75) is 135 Å². The van der Waals surface area contributed by atoms with E-state index in [2.05, 4.69) is 11.7 Å². The summed E-state index contributed by atoms with van der Waals surface area (Å²) in [5, 5.41) is 19.2. The fourth-order valence-corrected chi connectivity index (χ4v) is 4.05. The van der Waals surface area contributed by atoms with E-state index < -0.39 is 62.0 Å². The summed E-state index contributed by atoms with van der Waals surface area (Å²) in [7, 11) is 0. The van der Waals surface area contributed by atoms with E-state index in [9.17, 15) is 34.2 Å². The van der Waals surface area contributed by atoms with E-state index in [0.29, 0.717) is 6.42 Å². The molecular weight excluding hydrogens is 524 g/mol. The number of carbonyl (C=O) groups excluding carboxylic acids is 4. The summed E-state index contributed by atoms with van der Waals surface area (Å²) in [5.41, 5.74) is 0. The highest BCUT2D eigenvalue weighted by Crippen LogP contribution is 2.14. The molecule has 0 aromatic carbocycles. The minimum atomic E-state index is -1.99. The van der Waals surface area contributed by atoms with Gasteiger partial charge < -0.3 is 34.0 Å². The monoisotopic (exact) mass is 574 g/mol. The molecule has 0 spiro atoms. The van der Waals surface area contributed by atoms with Gasteiger partial charge in [-0.1, -0.05) is 96.8 Å². The van der Waals surface area contributed by atoms with Gasteiger partial charge >= 0.3 is 23.9 Å². The lowest BCUT2D eigenvalue weighted by molar-refractivity contribution is -0.186. The lowest BCUT2D eigenvalue weighted by Crippen LogP contribution is -2.46. The first kappa shape index (κ1) is 37.5. The first-order valence-electron chi connectivity index (χ1n) is 14.7. The Morgan fingerprint density at radius 2 is 1.20 bits per heavy atom. The number of aldehydes is 1. The number of hydrogen-bond acceptors (Lipinski definition) is 10. The Morgan fingerprint density at radius 3 is 1.65 bits per heavy atom. The largest absolute Gasteiger partial charge is 0.479 e. The first-order chi connectivity index (χ1) is 19.2. The average Bonchev–Trinajstić information content (AvgIpc) is 2.91. The van der Waals surface area contributed by atoms with E-state index >= 15 is 0 Å². The molecular formula is C29H50O11. The molecule has 232 valence electrons. The fraction of sp³-hybridized carbons (Fsp3) is 0.828. The van der Waals surface area contributed by atoms with Gasteiger partial charge in [0.2, 0.25) is 12.2 Å². The van der Waals surface area contributed by atoms with Crippen molar-refractivity contribution in [3.63, 3.8) is 0 Å². The Kier molecular flexibility index (Phi) is 23.8. The lowest BCUT2D eigenvalue weighted by Gasteiger charge is -2.22. The van der Waals surface area contributed by atoms with Crippen LogP contribution in [0, 0.1) is 0 Å². The van der Waals surface area contributed by atoms with Crippen LogP contribution in [-0.4, -0.2) is 78.5 Å². The Bertz CT molecular complexity index is 710. The van der Waals surface area contributed by atoms with Crippen LogP contribution in [0.15, 0.2) is 0 Å². The van der Waals surface area contributed by atoms with Crippen LogP contribution in [0.3, 0.4) is 0 Å². The van der Waals surface area contributed by atoms with Crippen LogP contribution in [0.4, 0.5) is 0 Å². The molecule has 0 rings (SSSR count). The molecule has 0 fully saturated rings. The molecule has 0 amide bonds. The molecule has 0 heterocycles. The molecule has 3 atom stereocenters. The molecule has 11 nitrogen and oxygen atoms in total. The molecule has 0 saturated carbocycles. The first-order valence-corrected chi connectivity index (χ1v) is 14.7. The number of aliphatic hydroxyl groups is 1. The molecule has 2 N–H and O–H groups in total. The van der Waals surface area contributed by atoms with Crippen LogP contribution < -0.4 is 0 Å². The van der Waals surface area contributed by atoms with Gasteiger partial charge in [0.1, 0.15) is 32.2 Å². The predicted octanol–water partition coefficient (Wildman–Crippen LogP) is 4.30. The molecule has 0 aliphatic carbocycles. The zero-order valence-corrected chi connectivity index (χ0v) is 24.3. The van der Waals surface area contributed by atoms with E-state index in [0.717, 1.165) is 26.2 Å². The standard InChI is InChI=1S/C29H50O11/c1-3-4-5-6-7-8-9-10-11-12-13-14-15-16-17-18-25(33)38-21-24(32)22-39-29(36)27(40-23(2)31)26(28(34)35)37-20-19-30/h19,24,26-27,32H,3-18,20-22H2,1-2H3,(H,34,35). The summed E-state index contributed by atoms with van der Waals surface area (Å²) in [6, 6.07) is 0. The van der Waals surface area contributed by atoms with Gasteiger partial charge in [-0.05, 0) is 6.42 Å². The van der Waals surface area contributed by atoms with Gasteiger partial charge in [-0.15, -0.1) is 0 Å². The second-order valence-electron chi connectivity index (χ2n) is 9.96. The smallest absolute Gasteiger partial charge is 0.351 e. The van der Waals surface area contributed by atoms with Crippen LogP contribution in [0.5, 0.6) is 0 Å². The second kappa shape index (κ2) is 25.4. The van der Waals surface area contributed by atoms with Crippen molar-refractivity contribution in [3.8, 4) is 0 Å². The molecule has 0 aromatic heterocycles. The number of rotatable bonds is 27. The number of carboxylic acids is 1. The molecule has 0 aliphatic rings. The predicted molar refractivity (Wildman–Crippen MR) is 146 cm³/mol. The van der Waals surface area contributed by atoms with Crippen LogP contribution in [0.25, 0.3) is 0 Å². The molecule has 0 saturated heterocycles. The number of aliphatic hydroxyl groups excluding tert-OH is 1. The molecule has 11 heteroatoms. The average molecular weight is 575 g/mol. The minimum absolute atomic E-state index is 0.216. The number of esters is 3. The van der Waals surface area contributed by atoms with Gasteiger partial charge in [0.15, 0.2) is 0 Å². The van der Waals surface area contributed by atoms with Crippen molar-refractivity contribution in [3.05, 3.63) is 0 Å². The summed E-state index contributed by atoms with van der Waals surface area (Å²) >= 11 is 0. The maximum Gasteiger partial charge on any atom is 0.351 e. The maximum absolute atomic E-state index is 12.2. The summed E-state index contributed by atoms with van der Waals surface area (Å²) in [5.74, 6) is -4.41. The van der Waals surface area contributed by atoms with E-state index in [1.165, 1.54) is 70.6 Å². The van der Waals surface area contributed by atoms with Crippen LogP contribution in [0.1, 0.15) is 117 Å². The van der Waals surface area contributed by atoms with Crippen molar-refractivity contribution < 1.29 is 53.1 Å². The number of carbonyl (C=O) groups is 5. The number of unbranched alkanes of at least 4 members (excludes halogenated alkanes) is 14. The van der Waals surface area contributed by atoms with Crippen molar-refractivity contribution in [1.29, 1.82) is 0 Å². The molecule has 0 radical (unpaired) electrons. The van der Waals surface area contributed by atoms with Gasteiger partial charge in [0.05, 0.1) is 0 Å². The van der Waals surface area contributed by atoms with E-state index in [-0.39, 0.29) is 12.7 Å². The van der Waals surface area contributed by atoms with Crippen molar-refractivity contribution in [2.75, 3.05) is 19.8 Å². The number of hydrogen-bond donors (Lipinski definition) is 2. The highest BCUT2D eigenvalue weighted by molar-refractivity contribution is 5.86. The zero-order chi connectivity index (χ0) is 30.0. The Morgan fingerprint density at radius 1 is 0.725 bits per heavy atom. The second-order valence-corrected chi connectivity index (χ2v) is 9.96. The Balaban J connectivity index is 3.96. The third-order valence-electron chi connectivity index (χ3n) is 6.23. The van der Waals surface area contributed by atoms with Crippen LogP contribution in [0.2, 0.25) is 0 Å². The lowest BCUT2D eigenvalue weighted by atomic mass is 10.0. The summed E-state index contributed by atoms with van der Waals surface area (Å²) in [6.45, 7) is 1.48. The molecule has 3 unspecified atom stereocenters. The molecule has 40 heavy (non-hydrogen) atoms. The third kappa shape index (κ3) is 21.3.